The number of nitrogens with one attached hydrogen (secondary N) is 1. The molecular weight excluding hydrogens is 340 g/mol. The fourth-order valence-corrected chi connectivity index (χ4v) is 2.44. The maximum Gasteiger partial charge on any atom is 0.261 e. The molecule has 128 valence electrons. The maximum atomic E-state index is 11.9. The van der Waals surface area contributed by atoms with Crippen LogP contribution in [0.15, 0.2) is 64.2 Å². The van der Waals surface area contributed by atoms with E-state index in [9.17, 15) is 4.79 Å². The zero-order chi connectivity index (χ0) is 17.6. The van der Waals surface area contributed by atoms with Gasteiger partial charge in [0.25, 0.3) is 5.91 Å². The van der Waals surface area contributed by atoms with Crippen LogP contribution in [0.3, 0.4) is 0 Å². The minimum absolute atomic E-state index is 0.172. The largest absolute Gasteiger partial charge is 0.459 e. The second-order valence-corrected chi connectivity index (χ2v) is 5.97. The van der Waals surface area contributed by atoms with E-state index in [0.717, 1.165) is 16.5 Å². The van der Waals surface area contributed by atoms with Crippen molar-refractivity contribution < 1.29 is 14.0 Å². The van der Waals surface area contributed by atoms with Gasteiger partial charge in [-0.25, -0.2) is 0 Å². The van der Waals surface area contributed by atoms with Gasteiger partial charge in [0.15, 0.2) is 6.61 Å². The van der Waals surface area contributed by atoms with E-state index in [0.29, 0.717) is 10.8 Å². The predicted molar refractivity (Wildman–Crippen MR) is 97.8 cm³/mol. The van der Waals surface area contributed by atoms with Crippen LogP contribution in [0.2, 0.25) is 5.02 Å². The van der Waals surface area contributed by atoms with E-state index in [2.05, 4.69) is 10.5 Å². The number of hydrogen-bond donors (Lipinski definition) is 1. The Morgan fingerprint density at radius 3 is 2.80 bits per heavy atom. The molecule has 1 amide bonds. The van der Waals surface area contributed by atoms with Crippen molar-refractivity contribution in [3.05, 3.63) is 70.9 Å². The molecule has 3 aromatic rings. The van der Waals surface area contributed by atoms with Crippen molar-refractivity contribution in [1.29, 1.82) is 0 Å². The molecule has 1 unspecified atom stereocenters. The standard InChI is InChI=1S/C19H17ClN2O3/c1-13(18-10-15-4-2-3-5-17(15)25-18)22-19(23)12-24-21-11-14-6-8-16(20)9-7-14/h2-11,13H,12H2,1H3,(H,22,23)/b21-11+. The molecule has 0 spiro atoms. The van der Waals surface area contributed by atoms with E-state index in [-0.39, 0.29) is 18.6 Å². The monoisotopic (exact) mass is 356 g/mol. The van der Waals surface area contributed by atoms with Crippen LogP contribution < -0.4 is 5.32 Å². The van der Waals surface area contributed by atoms with Gasteiger partial charge < -0.3 is 14.6 Å². The molecule has 3 rings (SSSR count). The molecule has 0 fully saturated rings. The lowest BCUT2D eigenvalue weighted by Crippen LogP contribution is -2.29. The topological polar surface area (TPSA) is 63.8 Å². The third-order valence-electron chi connectivity index (χ3n) is 3.59. The highest BCUT2D eigenvalue weighted by Crippen LogP contribution is 2.23. The highest BCUT2D eigenvalue weighted by molar-refractivity contribution is 6.30. The number of hydrogen-bond acceptors (Lipinski definition) is 4. The Hall–Kier alpha value is -2.79. The van der Waals surface area contributed by atoms with Crippen LogP contribution in [0.1, 0.15) is 24.3 Å². The van der Waals surface area contributed by atoms with Crippen molar-refractivity contribution in [2.24, 2.45) is 5.16 Å². The average molecular weight is 357 g/mol. The summed E-state index contributed by atoms with van der Waals surface area (Å²) in [5, 5.41) is 8.24. The molecule has 25 heavy (non-hydrogen) atoms. The fraction of sp³-hybridized carbons (Fsp3) is 0.158. The van der Waals surface area contributed by atoms with Crippen molar-refractivity contribution >= 4 is 34.7 Å². The second-order valence-electron chi connectivity index (χ2n) is 5.54. The quantitative estimate of drug-likeness (QED) is 0.528. The smallest absolute Gasteiger partial charge is 0.261 e. The molecule has 0 aliphatic heterocycles. The molecule has 5 nitrogen and oxygen atoms in total. The Morgan fingerprint density at radius 2 is 2.04 bits per heavy atom. The van der Waals surface area contributed by atoms with E-state index in [1.54, 1.807) is 24.3 Å². The van der Waals surface area contributed by atoms with Gasteiger partial charge in [-0.05, 0) is 36.8 Å². The van der Waals surface area contributed by atoms with E-state index in [1.165, 1.54) is 6.21 Å². The molecule has 1 atom stereocenters. The summed E-state index contributed by atoms with van der Waals surface area (Å²) in [5.74, 6) is 0.417. The van der Waals surface area contributed by atoms with Gasteiger partial charge in [-0.1, -0.05) is 47.1 Å². The van der Waals surface area contributed by atoms with Gasteiger partial charge in [-0.3, -0.25) is 4.79 Å². The molecule has 0 aliphatic rings. The van der Waals surface area contributed by atoms with Gasteiger partial charge in [-0.15, -0.1) is 0 Å². The highest BCUT2D eigenvalue weighted by Gasteiger charge is 2.14. The highest BCUT2D eigenvalue weighted by atomic mass is 35.5. The lowest BCUT2D eigenvalue weighted by Gasteiger charge is -2.10. The summed E-state index contributed by atoms with van der Waals surface area (Å²) in [5.41, 5.74) is 1.63. The number of fused-ring (bicyclic) bond motifs is 1. The molecule has 0 saturated heterocycles. The first-order valence-electron chi connectivity index (χ1n) is 7.80. The number of para-hydroxylation sites is 1. The molecule has 2 aromatic carbocycles. The van der Waals surface area contributed by atoms with Crippen LogP contribution in [0.4, 0.5) is 0 Å². The lowest BCUT2D eigenvalue weighted by atomic mass is 10.2. The Morgan fingerprint density at radius 1 is 1.28 bits per heavy atom. The van der Waals surface area contributed by atoms with Crippen molar-refractivity contribution in [3.8, 4) is 0 Å². The Bertz CT molecular complexity index is 854. The molecule has 0 radical (unpaired) electrons. The number of halogens is 1. The van der Waals surface area contributed by atoms with Crippen molar-refractivity contribution in [2.45, 2.75) is 13.0 Å². The van der Waals surface area contributed by atoms with Crippen molar-refractivity contribution in [1.82, 2.24) is 5.32 Å². The Balaban J connectivity index is 1.49. The zero-order valence-corrected chi connectivity index (χ0v) is 14.4. The number of nitrogens with zero attached hydrogens (tertiary/aromatic N) is 1. The summed E-state index contributed by atoms with van der Waals surface area (Å²) in [6, 6.07) is 16.5. The van der Waals surface area contributed by atoms with Crippen LogP contribution in [-0.2, 0) is 9.63 Å². The average Bonchev–Trinajstić information content (AvgIpc) is 3.04. The van der Waals surface area contributed by atoms with E-state index < -0.39 is 0 Å². The molecule has 1 N–H and O–H groups in total. The zero-order valence-electron chi connectivity index (χ0n) is 13.6. The van der Waals surface area contributed by atoms with Crippen LogP contribution in [0, 0.1) is 0 Å². The maximum absolute atomic E-state index is 11.9. The minimum Gasteiger partial charge on any atom is -0.459 e. The summed E-state index contributed by atoms with van der Waals surface area (Å²) >= 11 is 5.80. The predicted octanol–water partition coefficient (Wildman–Crippen LogP) is 4.31. The number of carbonyl (C=O) groups is 1. The third kappa shape index (κ3) is 4.61. The lowest BCUT2D eigenvalue weighted by molar-refractivity contribution is -0.126. The van der Waals surface area contributed by atoms with Gasteiger partial charge in [-0.2, -0.15) is 0 Å². The normalized spacial score (nSPS) is 12.4. The van der Waals surface area contributed by atoms with E-state index in [1.807, 2.05) is 37.3 Å². The summed E-state index contributed by atoms with van der Waals surface area (Å²) in [7, 11) is 0. The molecule has 0 bridgehead atoms. The molecular formula is C19H17ClN2O3. The summed E-state index contributed by atoms with van der Waals surface area (Å²) < 4.78 is 5.73. The van der Waals surface area contributed by atoms with Gasteiger partial charge in [0.2, 0.25) is 0 Å². The van der Waals surface area contributed by atoms with Gasteiger partial charge >= 0.3 is 0 Å². The molecule has 0 saturated carbocycles. The number of oxime groups is 1. The SMILES string of the molecule is CC(NC(=O)CO/N=C/c1ccc(Cl)cc1)c1cc2ccccc2o1. The number of amides is 1. The Kier molecular flexibility index (Phi) is 5.36. The molecule has 1 heterocycles. The minimum atomic E-state index is -0.277. The van der Waals surface area contributed by atoms with Gasteiger partial charge in [0, 0.05) is 10.4 Å². The first kappa shape index (κ1) is 17.0. The van der Waals surface area contributed by atoms with Crippen molar-refractivity contribution in [3.63, 3.8) is 0 Å². The number of benzene rings is 2. The number of carbonyl (C=O) groups excluding carboxylic acids is 1. The van der Waals surface area contributed by atoms with E-state index in [4.69, 9.17) is 20.9 Å². The molecule has 0 aliphatic carbocycles. The molecule has 6 heteroatoms. The fourth-order valence-electron chi connectivity index (χ4n) is 2.31. The first-order valence-corrected chi connectivity index (χ1v) is 8.18. The number of rotatable bonds is 6. The third-order valence-corrected chi connectivity index (χ3v) is 3.84. The van der Waals surface area contributed by atoms with E-state index >= 15 is 0 Å². The summed E-state index contributed by atoms with van der Waals surface area (Å²) in [6.45, 7) is 1.68. The summed E-state index contributed by atoms with van der Waals surface area (Å²) in [4.78, 5) is 16.9. The number of furan rings is 1. The molecule has 1 aromatic heterocycles. The van der Waals surface area contributed by atoms with Crippen LogP contribution in [0.25, 0.3) is 11.0 Å². The van der Waals surface area contributed by atoms with Crippen LogP contribution in [0.5, 0.6) is 0 Å². The van der Waals surface area contributed by atoms with Crippen molar-refractivity contribution in [2.75, 3.05) is 6.61 Å². The van der Waals surface area contributed by atoms with Crippen LogP contribution >= 0.6 is 11.6 Å². The van der Waals surface area contributed by atoms with Gasteiger partial charge in [0.1, 0.15) is 11.3 Å². The summed E-state index contributed by atoms with van der Waals surface area (Å²) in [6.07, 6.45) is 1.52. The van der Waals surface area contributed by atoms with Crippen LogP contribution in [-0.4, -0.2) is 18.7 Å². The first-order chi connectivity index (χ1) is 12.1. The second kappa shape index (κ2) is 7.85. The van der Waals surface area contributed by atoms with Gasteiger partial charge in [0.05, 0.1) is 12.3 Å². The Labute approximate surface area is 150 Å².